The molecular weight excluding hydrogens is 214 g/mol. The second-order valence-electron chi connectivity index (χ2n) is 5.66. The zero-order valence-electron chi connectivity index (χ0n) is 11.1. The van der Waals surface area contributed by atoms with Crippen LogP contribution in [-0.4, -0.2) is 62.5 Å². The summed E-state index contributed by atoms with van der Waals surface area (Å²) in [5.74, 6) is 1.35. The molecule has 0 aliphatic carbocycles. The smallest absolute Gasteiger partial charge is 0.226 e. The average Bonchev–Trinajstić information content (AvgIpc) is 2.95. The molecule has 2 unspecified atom stereocenters. The zero-order valence-corrected chi connectivity index (χ0v) is 11.1. The molecule has 2 aliphatic heterocycles. The number of amides is 1. The van der Waals surface area contributed by atoms with Crippen LogP contribution in [0.15, 0.2) is 0 Å². The van der Waals surface area contributed by atoms with E-state index >= 15 is 0 Å². The fourth-order valence-corrected chi connectivity index (χ4v) is 2.93. The van der Waals surface area contributed by atoms with E-state index in [0.29, 0.717) is 5.91 Å². The van der Waals surface area contributed by atoms with E-state index in [4.69, 9.17) is 0 Å². The number of nitrogens with zero attached hydrogens (tertiary/aromatic N) is 2. The Kier molecular flexibility index (Phi) is 4.40. The SMILES string of the molecule is CN1CCC(CCN(C)C(=O)C2CCNC2)C1. The van der Waals surface area contributed by atoms with Crippen molar-refractivity contribution in [2.45, 2.75) is 19.3 Å². The molecule has 2 heterocycles. The predicted octanol–water partition coefficient (Wildman–Crippen LogP) is 0.396. The number of rotatable bonds is 4. The van der Waals surface area contributed by atoms with Crippen molar-refractivity contribution >= 4 is 5.91 Å². The molecule has 0 radical (unpaired) electrons. The van der Waals surface area contributed by atoms with E-state index in [1.165, 1.54) is 19.5 Å². The van der Waals surface area contributed by atoms with Crippen molar-refractivity contribution in [2.75, 3.05) is 46.8 Å². The lowest BCUT2D eigenvalue weighted by atomic mass is 10.0. The first-order valence-corrected chi connectivity index (χ1v) is 6.81. The van der Waals surface area contributed by atoms with Crippen molar-refractivity contribution in [1.29, 1.82) is 0 Å². The molecule has 2 atom stereocenters. The van der Waals surface area contributed by atoms with Crippen LogP contribution in [0.1, 0.15) is 19.3 Å². The minimum absolute atomic E-state index is 0.228. The van der Waals surface area contributed by atoms with E-state index in [1.54, 1.807) is 0 Å². The van der Waals surface area contributed by atoms with Crippen LogP contribution in [0, 0.1) is 11.8 Å². The number of hydrogen-bond acceptors (Lipinski definition) is 3. The molecule has 98 valence electrons. The highest BCUT2D eigenvalue weighted by Gasteiger charge is 2.26. The van der Waals surface area contributed by atoms with Crippen molar-refractivity contribution in [3.8, 4) is 0 Å². The van der Waals surface area contributed by atoms with E-state index in [0.717, 1.165) is 38.4 Å². The van der Waals surface area contributed by atoms with Crippen molar-refractivity contribution < 1.29 is 4.79 Å². The summed E-state index contributed by atoms with van der Waals surface area (Å²) < 4.78 is 0. The molecule has 4 nitrogen and oxygen atoms in total. The summed E-state index contributed by atoms with van der Waals surface area (Å²) in [7, 11) is 4.14. The van der Waals surface area contributed by atoms with Crippen LogP contribution in [0.3, 0.4) is 0 Å². The predicted molar refractivity (Wildman–Crippen MR) is 68.8 cm³/mol. The van der Waals surface area contributed by atoms with Crippen LogP contribution in [0.5, 0.6) is 0 Å². The number of nitrogens with one attached hydrogen (secondary N) is 1. The molecule has 2 aliphatic rings. The second kappa shape index (κ2) is 5.83. The molecule has 0 spiro atoms. The highest BCUT2D eigenvalue weighted by Crippen LogP contribution is 2.19. The van der Waals surface area contributed by atoms with Gasteiger partial charge in [0.05, 0.1) is 5.92 Å². The minimum Gasteiger partial charge on any atom is -0.345 e. The number of carbonyl (C=O) groups is 1. The lowest BCUT2D eigenvalue weighted by Gasteiger charge is -2.22. The molecule has 1 amide bonds. The second-order valence-corrected chi connectivity index (χ2v) is 5.66. The fraction of sp³-hybridized carbons (Fsp3) is 0.923. The third kappa shape index (κ3) is 3.42. The molecule has 0 aromatic rings. The number of carbonyl (C=O) groups excluding carboxylic acids is 1. The first-order chi connectivity index (χ1) is 8.16. The van der Waals surface area contributed by atoms with Gasteiger partial charge in [0.25, 0.3) is 0 Å². The Balaban J connectivity index is 1.69. The van der Waals surface area contributed by atoms with Crippen molar-refractivity contribution in [3.05, 3.63) is 0 Å². The molecule has 2 rings (SSSR count). The van der Waals surface area contributed by atoms with Gasteiger partial charge in [-0.1, -0.05) is 0 Å². The monoisotopic (exact) mass is 239 g/mol. The highest BCUT2D eigenvalue weighted by molar-refractivity contribution is 5.79. The first-order valence-electron chi connectivity index (χ1n) is 6.81. The maximum atomic E-state index is 12.1. The van der Waals surface area contributed by atoms with Gasteiger partial charge >= 0.3 is 0 Å². The Hall–Kier alpha value is -0.610. The molecule has 0 aromatic carbocycles. The van der Waals surface area contributed by atoms with Gasteiger partial charge in [0, 0.05) is 26.7 Å². The Morgan fingerprint density at radius 1 is 1.47 bits per heavy atom. The summed E-state index contributed by atoms with van der Waals surface area (Å²) in [4.78, 5) is 16.4. The van der Waals surface area contributed by atoms with E-state index in [1.807, 2.05) is 11.9 Å². The van der Waals surface area contributed by atoms with Gasteiger partial charge in [0.2, 0.25) is 5.91 Å². The third-order valence-electron chi connectivity index (χ3n) is 4.15. The molecular formula is C13H25N3O. The van der Waals surface area contributed by atoms with Gasteiger partial charge < -0.3 is 15.1 Å². The van der Waals surface area contributed by atoms with Crippen molar-refractivity contribution in [3.63, 3.8) is 0 Å². The van der Waals surface area contributed by atoms with Crippen LogP contribution < -0.4 is 5.32 Å². The van der Waals surface area contributed by atoms with Crippen LogP contribution in [0.4, 0.5) is 0 Å². The summed E-state index contributed by atoms with van der Waals surface area (Å²) in [5, 5.41) is 3.26. The summed E-state index contributed by atoms with van der Waals surface area (Å²) in [5.41, 5.74) is 0. The van der Waals surface area contributed by atoms with Gasteiger partial charge in [0.15, 0.2) is 0 Å². The van der Waals surface area contributed by atoms with E-state index in [-0.39, 0.29) is 5.92 Å². The van der Waals surface area contributed by atoms with Gasteiger partial charge in [-0.2, -0.15) is 0 Å². The summed E-state index contributed by atoms with van der Waals surface area (Å²) in [6, 6.07) is 0. The van der Waals surface area contributed by atoms with Crippen molar-refractivity contribution in [1.82, 2.24) is 15.1 Å². The lowest BCUT2D eigenvalue weighted by Crippen LogP contribution is -2.35. The van der Waals surface area contributed by atoms with E-state index in [9.17, 15) is 4.79 Å². The minimum atomic E-state index is 0.228. The Morgan fingerprint density at radius 3 is 2.88 bits per heavy atom. The van der Waals surface area contributed by atoms with Crippen molar-refractivity contribution in [2.24, 2.45) is 11.8 Å². The largest absolute Gasteiger partial charge is 0.345 e. The van der Waals surface area contributed by atoms with Gasteiger partial charge in [-0.15, -0.1) is 0 Å². The van der Waals surface area contributed by atoms with Crippen LogP contribution >= 0.6 is 0 Å². The maximum absolute atomic E-state index is 12.1. The molecule has 1 N–H and O–H groups in total. The molecule has 0 aromatic heterocycles. The zero-order chi connectivity index (χ0) is 12.3. The molecule has 0 bridgehead atoms. The Bertz CT molecular complexity index is 263. The lowest BCUT2D eigenvalue weighted by molar-refractivity contribution is -0.133. The van der Waals surface area contributed by atoms with Gasteiger partial charge in [-0.25, -0.2) is 0 Å². The first kappa shape index (κ1) is 12.8. The molecule has 17 heavy (non-hydrogen) atoms. The quantitative estimate of drug-likeness (QED) is 0.771. The van der Waals surface area contributed by atoms with Crippen LogP contribution in [-0.2, 0) is 4.79 Å². The Labute approximate surface area is 104 Å². The van der Waals surface area contributed by atoms with Gasteiger partial charge in [-0.3, -0.25) is 4.79 Å². The van der Waals surface area contributed by atoms with Gasteiger partial charge in [0.1, 0.15) is 0 Å². The van der Waals surface area contributed by atoms with Gasteiger partial charge in [-0.05, 0) is 45.3 Å². The summed E-state index contributed by atoms with van der Waals surface area (Å²) >= 11 is 0. The number of likely N-dealkylation sites (tertiary alicyclic amines) is 1. The van der Waals surface area contributed by atoms with Crippen LogP contribution in [0.25, 0.3) is 0 Å². The molecule has 4 heteroatoms. The third-order valence-corrected chi connectivity index (χ3v) is 4.15. The number of hydrogen-bond donors (Lipinski definition) is 1. The average molecular weight is 239 g/mol. The fourth-order valence-electron chi connectivity index (χ4n) is 2.93. The highest BCUT2D eigenvalue weighted by atomic mass is 16.2. The Morgan fingerprint density at radius 2 is 2.29 bits per heavy atom. The summed E-state index contributed by atoms with van der Waals surface area (Å²) in [6.45, 7) is 5.21. The van der Waals surface area contributed by atoms with Crippen LogP contribution in [0.2, 0.25) is 0 Å². The maximum Gasteiger partial charge on any atom is 0.226 e. The molecule has 2 fully saturated rings. The topological polar surface area (TPSA) is 35.6 Å². The summed E-state index contributed by atoms with van der Waals surface area (Å²) in [6.07, 6.45) is 3.46. The van der Waals surface area contributed by atoms with E-state index in [2.05, 4.69) is 17.3 Å². The molecule has 0 saturated carbocycles. The van der Waals surface area contributed by atoms with E-state index < -0.39 is 0 Å². The normalized spacial score (nSPS) is 29.8. The standard InChI is InChI=1S/C13H25N3O/c1-15-7-4-11(10-15)5-8-16(2)13(17)12-3-6-14-9-12/h11-12,14H,3-10H2,1-2H3. The molecule has 2 saturated heterocycles.